The third kappa shape index (κ3) is 4.38. The Kier molecular flexibility index (Phi) is 5.50. The molecule has 1 aromatic heterocycles. The van der Waals surface area contributed by atoms with Crippen LogP contribution in [0.5, 0.6) is 5.75 Å². The van der Waals surface area contributed by atoms with Gasteiger partial charge in [0.25, 0.3) is 0 Å². The molecule has 1 fully saturated rings. The van der Waals surface area contributed by atoms with E-state index in [0.717, 1.165) is 25.0 Å². The van der Waals surface area contributed by atoms with E-state index in [-0.39, 0.29) is 18.1 Å². The van der Waals surface area contributed by atoms with Crippen molar-refractivity contribution in [2.75, 3.05) is 20.2 Å². The SMILES string of the molecule is COc1ccc(CC2CCN(C(=O)Cn3cc(C(=O)O)nn3)CC2)cc1. The summed E-state index contributed by atoms with van der Waals surface area (Å²) in [6.45, 7) is 1.43. The molecule has 0 aliphatic carbocycles. The molecule has 1 amide bonds. The zero-order valence-electron chi connectivity index (χ0n) is 14.7. The molecule has 1 saturated heterocycles. The van der Waals surface area contributed by atoms with Crippen LogP contribution in [-0.4, -0.2) is 57.1 Å². The quantitative estimate of drug-likeness (QED) is 0.840. The summed E-state index contributed by atoms with van der Waals surface area (Å²) < 4.78 is 6.45. The number of likely N-dealkylation sites (tertiary alicyclic amines) is 1. The molecule has 1 aliphatic heterocycles. The summed E-state index contributed by atoms with van der Waals surface area (Å²) in [6.07, 6.45) is 4.18. The highest BCUT2D eigenvalue weighted by Crippen LogP contribution is 2.23. The van der Waals surface area contributed by atoms with Gasteiger partial charge in [-0.15, -0.1) is 5.10 Å². The average Bonchev–Trinajstić information content (AvgIpc) is 3.12. The van der Waals surface area contributed by atoms with Crippen molar-refractivity contribution in [2.24, 2.45) is 5.92 Å². The first kappa shape index (κ1) is 17.9. The normalized spacial score (nSPS) is 15.0. The molecule has 26 heavy (non-hydrogen) atoms. The van der Waals surface area contributed by atoms with E-state index in [0.29, 0.717) is 19.0 Å². The number of carboxylic acids is 1. The van der Waals surface area contributed by atoms with Gasteiger partial charge >= 0.3 is 5.97 Å². The van der Waals surface area contributed by atoms with Crippen molar-refractivity contribution >= 4 is 11.9 Å². The van der Waals surface area contributed by atoms with Crippen LogP contribution in [0.3, 0.4) is 0 Å². The summed E-state index contributed by atoms with van der Waals surface area (Å²) >= 11 is 0. The van der Waals surface area contributed by atoms with Crippen molar-refractivity contribution in [1.82, 2.24) is 19.9 Å². The van der Waals surface area contributed by atoms with Gasteiger partial charge in [0, 0.05) is 13.1 Å². The molecule has 8 nitrogen and oxygen atoms in total. The van der Waals surface area contributed by atoms with E-state index in [4.69, 9.17) is 9.84 Å². The topological polar surface area (TPSA) is 97.5 Å². The Morgan fingerprint density at radius 3 is 2.50 bits per heavy atom. The maximum atomic E-state index is 12.4. The predicted octanol–water partition coefficient (Wildman–Crippen LogP) is 1.47. The lowest BCUT2D eigenvalue weighted by Gasteiger charge is -2.32. The number of hydrogen-bond donors (Lipinski definition) is 1. The number of carboxylic acid groups (broad SMARTS) is 1. The molecule has 1 aliphatic rings. The molecule has 2 aromatic rings. The van der Waals surface area contributed by atoms with Crippen LogP contribution in [0.15, 0.2) is 30.5 Å². The summed E-state index contributed by atoms with van der Waals surface area (Å²) in [5.41, 5.74) is 1.12. The van der Waals surface area contributed by atoms with Crippen molar-refractivity contribution < 1.29 is 19.4 Å². The smallest absolute Gasteiger partial charge is 0.358 e. The number of carbonyl (C=O) groups excluding carboxylic acids is 1. The first-order valence-electron chi connectivity index (χ1n) is 8.59. The van der Waals surface area contributed by atoms with Crippen molar-refractivity contribution in [3.05, 3.63) is 41.7 Å². The second-order valence-electron chi connectivity index (χ2n) is 6.48. The van der Waals surface area contributed by atoms with Crippen molar-refractivity contribution in [3.63, 3.8) is 0 Å². The maximum Gasteiger partial charge on any atom is 0.358 e. The van der Waals surface area contributed by atoms with Gasteiger partial charge in [-0.05, 0) is 42.9 Å². The van der Waals surface area contributed by atoms with Crippen LogP contribution in [0.1, 0.15) is 28.9 Å². The number of aromatic nitrogens is 3. The first-order chi connectivity index (χ1) is 12.5. The minimum atomic E-state index is -1.15. The van der Waals surface area contributed by atoms with E-state index in [9.17, 15) is 9.59 Å². The van der Waals surface area contributed by atoms with Gasteiger partial charge in [0.05, 0.1) is 13.3 Å². The van der Waals surface area contributed by atoms with Crippen LogP contribution in [0, 0.1) is 5.92 Å². The average molecular weight is 358 g/mol. The summed E-state index contributed by atoms with van der Waals surface area (Å²) in [5, 5.41) is 16.0. The summed E-state index contributed by atoms with van der Waals surface area (Å²) in [4.78, 5) is 25.0. The molecule has 138 valence electrons. The van der Waals surface area contributed by atoms with Gasteiger partial charge in [0.15, 0.2) is 5.69 Å². The second-order valence-corrected chi connectivity index (χ2v) is 6.48. The van der Waals surface area contributed by atoms with Gasteiger partial charge in [0.2, 0.25) is 5.91 Å². The van der Waals surface area contributed by atoms with E-state index in [2.05, 4.69) is 22.4 Å². The second kappa shape index (κ2) is 7.99. The molecular formula is C18H22N4O4. The molecule has 0 atom stereocenters. The summed E-state index contributed by atoms with van der Waals surface area (Å²) in [6, 6.07) is 8.11. The van der Waals surface area contributed by atoms with Crippen molar-refractivity contribution in [1.29, 1.82) is 0 Å². The van der Waals surface area contributed by atoms with Gasteiger partial charge in [-0.1, -0.05) is 17.3 Å². The highest BCUT2D eigenvalue weighted by atomic mass is 16.5. The molecular weight excluding hydrogens is 336 g/mol. The zero-order valence-corrected chi connectivity index (χ0v) is 14.7. The Balaban J connectivity index is 1.47. The van der Waals surface area contributed by atoms with Gasteiger partial charge in [-0.2, -0.15) is 0 Å². The van der Waals surface area contributed by atoms with E-state index in [1.165, 1.54) is 16.4 Å². The van der Waals surface area contributed by atoms with Crippen LogP contribution >= 0.6 is 0 Å². The van der Waals surface area contributed by atoms with Gasteiger partial charge < -0.3 is 14.7 Å². The maximum absolute atomic E-state index is 12.4. The van der Waals surface area contributed by atoms with Crippen LogP contribution in [0.2, 0.25) is 0 Å². The molecule has 0 bridgehead atoms. The summed E-state index contributed by atoms with van der Waals surface area (Å²) in [5.74, 6) is 0.198. The number of methoxy groups -OCH3 is 1. The number of benzene rings is 1. The van der Waals surface area contributed by atoms with Crippen molar-refractivity contribution in [2.45, 2.75) is 25.8 Å². The first-order valence-corrected chi connectivity index (χ1v) is 8.59. The van der Waals surface area contributed by atoms with E-state index < -0.39 is 5.97 Å². The number of hydrogen-bond acceptors (Lipinski definition) is 5. The number of rotatable bonds is 6. The monoisotopic (exact) mass is 358 g/mol. The van der Waals surface area contributed by atoms with Crippen LogP contribution in [0.4, 0.5) is 0 Å². The number of amides is 1. The van der Waals surface area contributed by atoms with Gasteiger partial charge in [-0.3, -0.25) is 4.79 Å². The fraction of sp³-hybridized carbons (Fsp3) is 0.444. The fourth-order valence-corrected chi connectivity index (χ4v) is 3.19. The lowest BCUT2D eigenvalue weighted by molar-refractivity contribution is -0.133. The molecule has 2 heterocycles. The highest BCUT2D eigenvalue weighted by molar-refractivity contribution is 5.84. The standard InChI is InChI=1S/C18H22N4O4/c1-26-15-4-2-13(3-5-15)10-14-6-8-21(9-7-14)17(23)12-22-11-16(18(24)25)19-20-22/h2-5,11,14H,6-10,12H2,1H3,(H,24,25). The predicted molar refractivity (Wildman–Crippen MR) is 93.0 cm³/mol. The Labute approximate surface area is 151 Å². The highest BCUT2D eigenvalue weighted by Gasteiger charge is 2.23. The zero-order chi connectivity index (χ0) is 18.5. The van der Waals surface area contributed by atoms with Crippen LogP contribution in [-0.2, 0) is 17.8 Å². The van der Waals surface area contributed by atoms with Crippen LogP contribution in [0.25, 0.3) is 0 Å². The molecule has 8 heteroatoms. The van der Waals surface area contributed by atoms with Gasteiger partial charge in [-0.25, -0.2) is 9.48 Å². The molecule has 1 N–H and O–H groups in total. The van der Waals surface area contributed by atoms with Gasteiger partial charge in [0.1, 0.15) is 12.3 Å². The summed E-state index contributed by atoms with van der Waals surface area (Å²) in [7, 11) is 1.66. The van der Waals surface area contributed by atoms with E-state index in [1.54, 1.807) is 7.11 Å². The lowest BCUT2D eigenvalue weighted by atomic mass is 9.90. The molecule has 0 radical (unpaired) electrons. The van der Waals surface area contributed by atoms with Crippen molar-refractivity contribution in [3.8, 4) is 5.75 Å². The number of aromatic carboxylic acids is 1. The van der Waals surface area contributed by atoms with E-state index >= 15 is 0 Å². The molecule has 0 saturated carbocycles. The Bertz CT molecular complexity index is 764. The third-order valence-corrected chi connectivity index (χ3v) is 4.71. The molecule has 0 unspecified atom stereocenters. The number of carbonyl (C=O) groups is 2. The Morgan fingerprint density at radius 1 is 1.23 bits per heavy atom. The molecule has 1 aromatic carbocycles. The Hall–Kier alpha value is -2.90. The largest absolute Gasteiger partial charge is 0.497 e. The third-order valence-electron chi connectivity index (χ3n) is 4.71. The minimum absolute atomic E-state index is 0.0173. The Morgan fingerprint density at radius 2 is 1.92 bits per heavy atom. The number of ether oxygens (including phenoxy) is 1. The van der Waals surface area contributed by atoms with E-state index in [1.807, 2.05) is 17.0 Å². The fourth-order valence-electron chi connectivity index (χ4n) is 3.19. The molecule has 0 spiro atoms. The minimum Gasteiger partial charge on any atom is -0.497 e. The molecule has 3 rings (SSSR count). The number of piperidine rings is 1. The van der Waals surface area contributed by atoms with Crippen LogP contribution < -0.4 is 4.74 Å². The number of nitrogens with zero attached hydrogens (tertiary/aromatic N) is 4. The lowest BCUT2D eigenvalue weighted by Crippen LogP contribution is -2.40.